The first-order valence-electron chi connectivity index (χ1n) is 8.83. The maximum atomic E-state index is 12.3. The van der Waals surface area contributed by atoms with Gasteiger partial charge < -0.3 is 24.8 Å². The molecule has 1 fully saturated rings. The highest BCUT2D eigenvalue weighted by Crippen LogP contribution is 2.36. The van der Waals surface area contributed by atoms with Crippen LogP contribution in [0.15, 0.2) is 47.6 Å². The van der Waals surface area contributed by atoms with Crippen molar-refractivity contribution in [1.29, 1.82) is 0 Å². The zero-order valence-electron chi connectivity index (χ0n) is 15.4. The standard InChI is InChI=1S/C20H26O7/c1-11-5-4-6-14(9-21)8-17-18(13(3)20(25)27-17)16(7-11)26-19(24)12(2)15(23)10-22/h5,8,15-18,21-23H,2-4,6-7,9-10H2,1H3/b11-5-,14-8-/t15?,16-,17+,18+/m0/s1. The SMILES string of the molecule is C=C(C(=O)O[C@H]1C/C(C)=C\CC/C(CO)=C/[C@H]2OC(=O)C(=C)[C@H]12)C(O)CO. The molecule has 7 nitrogen and oxygen atoms in total. The predicted molar refractivity (Wildman–Crippen MR) is 97.4 cm³/mol. The molecule has 0 saturated carbocycles. The molecular weight excluding hydrogens is 352 g/mol. The number of allylic oxidation sites excluding steroid dienone is 1. The Hall–Kier alpha value is -2.22. The van der Waals surface area contributed by atoms with Crippen molar-refractivity contribution in [2.75, 3.05) is 13.2 Å². The summed E-state index contributed by atoms with van der Waals surface area (Å²) in [6.45, 7) is 8.32. The van der Waals surface area contributed by atoms with E-state index in [0.717, 1.165) is 11.1 Å². The van der Waals surface area contributed by atoms with Gasteiger partial charge in [-0.05, 0) is 31.4 Å². The molecule has 2 rings (SSSR count). The number of esters is 2. The lowest BCUT2D eigenvalue weighted by Crippen LogP contribution is -2.35. The second kappa shape index (κ2) is 9.12. The number of ether oxygens (including phenoxy) is 2. The molecule has 2 aliphatic rings. The lowest BCUT2D eigenvalue weighted by atomic mass is 9.85. The summed E-state index contributed by atoms with van der Waals surface area (Å²) in [4.78, 5) is 24.4. The minimum atomic E-state index is -1.42. The third-order valence-electron chi connectivity index (χ3n) is 4.84. The van der Waals surface area contributed by atoms with Gasteiger partial charge >= 0.3 is 11.9 Å². The highest BCUT2D eigenvalue weighted by molar-refractivity contribution is 5.92. The lowest BCUT2D eigenvalue weighted by Gasteiger charge is -2.28. The van der Waals surface area contributed by atoms with Crippen LogP contribution >= 0.6 is 0 Å². The van der Waals surface area contributed by atoms with Crippen LogP contribution in [-0.4, -0.2) is 58.8 Å². The Bertz CT molecular complexity index is 688. The summed E-state index contributed by atoms with van der Waals surface area (Å²) in [5.41, 5.74) is 1.60. The molecule has 1 unspecified atom stereocenters. The van der Waals surface area contributed by atoms with Crippen LogP contribution in [0.5, 0.6) is 0 Å². The number of hydrogen-bond donors (Lipinski definition) is 3. The van der Waals surface area contributed by atoms with Gasteiger partial charge in [0.15, 0.2) is 0 Å². The van der Waals surface area contributed by atoms with Crippen molar-refractivity contribution < 1.29 is 34.4 Å². The maximum Gasteiger partial charge on any atom is 0.336 e. The van der Waals surface area contributed by atoms with Crippen molar-refractivity contribution in [1.82, 2.24) is 0 Å². The second-order valence-corrected chi connectivity index (χ2v) is 6.86. The van der Waals surface area contributed by atoms with Gasteiger partial charge in [0.05, 0.1) is 24.7 Å². The van der Waals surface area contributed by atoms with Gasteiger partial charge in [0.25, 0.3) is 0 Å². The molecule has 0 aromatic carbocycles. The fraction of sp³-hybridized carbons (Fsp3) is 0.500. The Morgan fingerprint density at radius 3 is 2.78 bits per heavy atom. The van der Waals surface area contributed by atoms with Gasteiger partial charge in [-0.15, -0.1) is 0 Å². The number of aliphatic hydroxyl groups excluding tert-OH is 3. The number of fused-ring (bicyclic) bond motifs is 1. The first-order valence-corrected chi connectivity index (χ1v) is 8.83. The highest BCUT2D eigenvalue weighted by atomic mass is 16.6. The van der Waals surface area contributed by atoms with Crippen LogP contribution in [0.2, 0.25) is 0 Å². The highest BCUT2D eigenvalue weighted by Gasteiger charge is 2.44. The van der Waals surface area contributed by atoms with Gasteiger partial charge in [-0.1, -0.05) is 24.8 Å². The number of carbonyl (C=O) groups excluding carboxylic acids is 2. The van der Waals surface area contributed by atoms with Gasteiger partial charge in [-0.3, -0.25) is 0 Å². The van der Waals surface area contributed by atoms with E-state index in [-0.39, 0.29) is 17.8 Å². The largest absolute Gasteiger partial charge is 0.458 e. The summed E-state index contributed by atoms with van der Waals surface area (Å²) >= 11 is 0. The Morgan fingerprint density at radius 1 is 1.44 bits per heavy atom. The average Bonchev–Trinajstić information content (AvgIpc) is 2.92. The molecule has 0 aromatic rings. The molecule has 0 radical (unpaired) electrons. The molecule has 1 aliphatic carbocycles. The normalized spacial score (nSPS) is 30.9. The third-order valence-corrected chi connectivity index (χ3v) is 4.84. The molecule has 148 valence electrons. The average molecular weight is 378 g/mol. The van der Waals surface area contributed by atoms with Crippen LogP contribution in [0.1, 0.15) is 26.2 Å². The van der Waals surface area contributed by atoms with Crippen molar-refractivity contribution in [2.24, 2.45) is 5.92 Å². The molecule has 27 heavy (non-hydrogen) atoms. The molecule has 1 saturated heterocycles. The topological polar surface area (TPSA) is 113 Å². The van der Waals surface area contributed by atoms with Gasteiger partial charge in [0.2, 0.25) is 0 Å². The van der Waals surface area contributed by atoms with E-state index >= 15 is 0 Å². The van der Waals surface area contributed by atoms with Gasteiger partial charge in [0, 0.05) is 12.0 Å². The zero-order chi connectivity index (χ0) is 20.1. The summed E-state index contributed by atoms with van der Waals surface area (Å²) in [6, 6.07) is 0. The van der Waals surface area contributed by atoms with Gasteiger partial charge in [-0.25, -0.2) is 9.59 Å². The van der Waals surface area contributed by atoms with E-state index in [0.29, 0.717) is 19.3 Å². The fourth-order valence-electron chi connectivity index (χ4n) is 3.23. The summed E-state index contributed by atoms with van der Waals surface area (Å²) in [6.07, 6.45) is 2.46. The first-order chi connectivity index (χ1) is 12.8. The van der Waals surface area contributed by atoms with E-state index in [4.69, 9.17) is 14.6 Å². The Balaban J connectivity index is 2.36. The van der Waals surface area contributed by atoms with Crippen molar-refractivity contribution in [3.05, 3.63) is 47.6 Å². The molecule has 1 heterocycles. The maximum absolute atomic E-state index is 12.3. The van der Waals surface area contributed by atoms with E-state index in [2.05, 4.69) is 13.2 Å². The minimum absolute atomic E-state index is 0.163. The van der Waals surface area contributed by atoms with E-state index in [9.17, 15) is 19.8 Å². The van der Waals surface area contributed by atoms with Crippen LogP contribution in [0.3, 0.4) is 0 Å². The van der Waals surface area contributed by atoms with Crippen molar-refractivity contribution >= 4 is 11.9 Å². The van der Waals surface area contributed by atoms with Gasteiger partial charge in [0.1, 0.15) is 18.3 Å². The molecule has 7 heteroatoms. The molecule has 1 aliphatic heterocycles. The van der Waals surface area contributed by atoms with Gasteiger partial charge in [-0.2, -0.15) is 0 Å². The zero-order valence-corrected chi connectivity index (χ0v) is 15.4. The van der Waals surface area contributed by atoms with E-state index in [1.807, 2.05) is 13.0 Å². The van der Waals surface area contributed by atoms with E-state index in [1.165, 1.54) is 0 Å². The number of rotatable bonds is 5. The quantitative estimate of drug-likeness (QED) is 0.371. The van der Waals surface area contributed by atoms with Crippen molar-refractivity contribution in [3.8, 4) is 0 Å². The summed E-state index contributed by atoms with van der Waals surface area (Å²) in [7, 11) is 0. The molecule has 0 amide bonds. The first kappa shape index (κ1) is 21.1. The summed E-state index contributed by atoms with van der Waals surface area (Å²) in [5.74, 6) is -2.05. The van der Waals surface area contributed by atoms with Crippen LogP contribution in [0.25, 0.3) is 0 Å². The molecule has 0 bridgehead atoms. The van der Waals surface area contributed by atoms with E-state index < -0.39 is 42.8 Å². The smallest absolute Gasteiger partial charge is 0.336 e. The Kier molecular flexibility index (Phi) is 7.12. The number of hydrogen-bond acceptors (Lipinski definition) is 7. The fourth-order valence-corrected chi connectivity index (χ4v) is 3.23. The molecule has 0 aromatic heterocycles. The lowest BCUT2D eigenvalue weighted by molar-refractivity contribution is -0.148. The third kappa shape index (κ3) is 4.94. The summed E-state index contributed by atoms with van der Waals surface area (Å²) < 4.78 is 10.9. The Morgan fingerprint density at radius 2 is 2.15 bits per heavy atom. The summed E-state index contributed by atoms with van der Waals surface area (Å²) in [5, 5.41) is 28.2. The van der Waals surface area contributed by atoms with Crippen LogP contribution in [0.4, 0.5) is 0 Å². The minimum Gasteiger partial charge on any atom is -0.458 e. The van der Waals surface area contributed by atoms with Crippen molar-refractivity contribution in [2.45, 2.75) is 44.5 Å². The van der Waals surface area contributed by atoms with Crippen molar-refractivity contribution in [3.63, 3.8) is 0 Å². The van der Waals surface area contributed by atoms with E-state index in [1.54, 1.807) is 6.08 Å². The molecule has 0 spiro atoms. The monoisotopic (exact) mass is 378 g/mol. The Labute approximate surface area is 158 Å². The predicted octanol–water partition coefficient (Wildman–Crippen LogP) is 0.954. The number of carbonyl (C=O) groups is 2. The van der Waals surface area contributed by atoms with Crippen LogP contribution < -0.4 is 0 Å². The molecule has 3 N–H and O–H groups in total. The van der Waals surface area contributed by atoms with Crippen LogP contribution in [0, 0.1) is 5.92 Å². The second-order valence-electron chi connectivity index (χ2n) is 6.86. The molecular formula is C20H26O7. The van der Waals surface area contributed by atoms with Crippen LogP contribution in [-0.2, 0) is 19.1 Å². The number of aliphatic hydroxyl groups is 3. The molecule has 4 atom stereocenters.